The standard InChI is InChI=1S/C33H35N5O7/c39-28(34-27-19-25(36-37-27)21-6-4-7-21)16-20-10-12-23(13-11-20)44-14-2-1-3-15-45-26-9-5-8-24-31(26)33(43)38(32(24)42)22-17-29(40)35-30(41)18-22/h5,8-13,19,21-22H,1-4,6-7,14-18H2,(H,35,40,41)(H2,34,36,37,39). The number of rotatable bonds is 13. The van der Waals surface area contributed by atoms with Crippen LogP contribution in [0.1, 0.15) is 89.3 Å². The van der Waals surface area contributed by atoms with E-state index >= 15 is 0 Å². The van der Waals surface area contributed by atoms with Gasteiger partial charge in [0.1, 0.15) is 11.5 Å². The number of nitrogens with zero attached hydrogens (tertiary/aromatic N) is 2. The molecule has 3 aliphatic rings. The van der Waals surface area contributed by atoms with E-state index in [0.717, 1.165) is 47.6 Å². The van der Waals surface area contributed by atoms with Crippen LogP contribution in [0.5, 0.6) is 11.5 Å². The first kappa shape index (κ1) is 30.0. The van der Waals surface area contributed by atoms with Gasteiger partial charge in [-0.1, -0.05) is 24.6 Å². The summed E-state index contributed by atoms with van der Waals surface area (Å²) in [4.78, 5) is 63.2. The molecule has 0 radical (unpaired) electrons. The molecule has 2 aliphatic heterocycles. The van der Waals surface area contributed by atoms with Crippen LogP contribution in [-0.2, 0) is 20.8 Å². The van der Waals surface area contributed by atoms with Crippen molar-refractivity contribution in [3.8, 4) is 11.5 Å². The van der Waals surface area contributed by atoms with E-state index in [1.807, 2.05) is 30.3 Å². The molecule has 234 valence electrons. The first-order valence-corrected chi connectivity index (χ1v) is 15.4. The van der Waals surface area contributed by atoms with Crippen molar-refractivity contribution >= 4 is 35.4 Å². The van der Waals surface area contributed by atoms with Gasteiger partial charge in [-0.15, -0.1) is 0 Å². The Morgan fingerprint density at radius 2 is 1.64 bits per heavy atom. The average molecular weight is 614 g/mol. The number of ether oxygens (including phenoxy) is 2. The molecule has 0 bridgehead atoms. The SMILES string of the molecule is O=C1CC(N2C(=O)c3cccc(OCCCCCOc4ccc(CC(=O)Nc5cc(C6CCC6)[nH]n5)cc4)c3C2=O)CC(=O)N1. The number of imide groups is 2. The lowest BCUT2D eigenvalue weighted by atomic mass is 9.83. The second-order valence-electron chi connectivity index (χ2n) is 11.7. The summed E-state index contributed by atoms with van der Waals surface area (Å²) in [7, 11) is 0. The highest BCUT2D eigenvalue weighted by atomic mass is 16.5. The number of benzene rings is 2. The molecule has 0 unspecified atom stereocenters. The Morgan fingerprint density at radius 3 is 2.36 bits per heavy atom. The van der Waals surface area contributed by atoms with Crippen molar-refractivity contribution in [3.63, 3.8) is 0 Å². The smallest absolute Gasteiger partial charge is 0.265 e. The molecule has 12 heteroatoms. The Kier molecular flexibility index (Phi) is 8.90. The molecule has 6 rings (SSSR count). The van der Waals surface area contributed by atoms with Gasteiger partial charge in [0.15, 0.2) is 5.82 Å². The third kappa shape index (κ3) is 6.89. The quantitative estimate of drug-likeness (QED) is 0.193. The molecule has 5 amide bonds. The molecule has 0 atom stereocenters. The van der Waals surface area contributed by atoms with Crippen LogP contribution in [0.25, 0.3) is 0 Å². The van der Waals surface area contributed by atoms with Crippen molar-refractivity contribution in [3.05, 3.63) is 70.9 Å². The largest absolute Gasteiger partial charge is 0.494 e. The van der Waals surface area contributed by atoms with Gasteiger partial charge in [0, 0.05) is 30.5 Å². The van der Waals surface area contributed by atoms with Gasteiger partial charge in [-0.3, -0.25) is 39.3 Å². The summed E-state index contributed by atoms with van der Waals surface area (Å²) in [6.07, 6.45) is 5.91. The van der Waals surface area contributed by atoms with Gasteiger partial charge < -0.3 is 14.8 Å². The molecule has 1 saturated carbocycles. The Morgan fingerprint density at radius 1 is 0.911 bits per heavy atom. The monoisotopic (exact) mass is 613 g/mol. The van der Waals surface area contributed by atoms with Crippen LogP contribution in [0.4, 0.5) is 5.82 Å². The number of fused-ring (bicyclic) bond motifs is 1. The molecule has 1 aliphatic carbocycles. The molecule has 1 aromatic heterocycles. The fourth-order valence-corrected chi connectivity index (χ4v) is 5.82. The molecule has 2 fully saturated rings. The first-order valence-electron chi connectivity index (χ1n) is 15.4. The van der Waals surface area contributed by atoms with Crippen molar-refractivity contribution in [1.29, 1.82) is 0 Å². The summed E-state index contributed by atoms with van der Waals surface area (Å²) in [5.74, 6) is -0.0870. The molecule has 12 nitrogen and oxygen atoms in total. The topological polar surface area (TPSA) is 160 Å². The maximum absolute atomic E-state index is 13.2. The van der Waals surface area contributed by atoms with E-state index in [-0.39, 0.29) is 36.3 Å². The molecule has 3 N–H and O–H groups in total. The minimum Gasteiger partial charge on any atom is -0.494 e. The Balaban J connectivity index is 0.898. The lowest BCUT2D eigenvalue weighted by Gasteiger charge is -2.28. The van der Waals surface area contributed by atoms with Crippen molar-refractivity contribution in [1.82, 2.24) is 20.4 Å². The number of piperidine rings is 1. The number of amides is 5. The van der Waals surface area contributed by atoms with Gasteiger partial charge >= 0.3 is 0 Å². The minimum atomic E-state index is -0.806. The number of hydrogen-bond acceptors (Lipinski definition) is 8. The second-order valence-corrected chi connectivity index (χ2v) is 11.7. The van der Waals surface area contributed by atoms with Crippen LogP contribution in [0.3, 0.4) is 0 Å². The maximum Gasteiger partial charge on any atom is 0.265 e. The van der Waals surface area contributed by atoms with Crippen LogP contribution in [0, 0.1) is 0 Å². The molecular formula is C33H35N5O7. The van der Waals surface area contributed by atoms with Crippen molar-refractivity contribution in [2.24, 2.45) is 0 Å². The highest BCUT2D eigenvalue weighted by molar-refractivity contribution is 6.23. The van der Waals surface area contributed by atoms with E-state index < -0.39 is 29.7 Å². The average Bonchev–Trinajstić information content (AvgIpc) is 3.53. The Hall–Kier alpha value is -5.00. The van der Waals surface area contributed by atoms with E-state index in [4.69, 9.17) is 9.47 Å². The highest BCUT2D eigenvalue weighted by Gasteiger charge is 2.44. The van der Waals surface area contributed by atoms with Crippen LogP contribution in [0.15, 0.2) is 48.5 Å². The van der Waals surface area contributed by atoms with Crippen molar-refractivity contribution in [2.75, 3.05) is 18.5 Å². The Bertz CT molecular complexity index is 1600. The minimum absolute atomic E-state index is 0.107. The molecular weight excluding hydrogens is 578 g/mol. The van der Waals surface area contributed by atoms with E-state index in [2.05, 4.69) is 20.8 Å². The number of carbonyl (C=O) groups excluding carboxylic acids is 5. The van der Waals surface area contributed by atoms with Crippen LogP contribution >= 0.6 is 0 Å². The van der Waals surface area contributed by atoms with Crippen molar-refractivity contribution in [2.45, 2.75) is 69.7 Å². The van der Waals surface area contributed by atoms with Crippen molar-refractivity contribution < 1.29 is 33.4 Å². The molecule has 2 aromatic carbocycles. The summed E-state index contributed by atoms with van der Waals surface area (Å²) in [6.45, 7) is 0.859. The predicted molar refractivity (Wildman–Crippen MR) is 162 cm³/mol. The number of nitrogens with one attached hydrogen (secondary N) is 3. The third-order valence-corrected chi connectivity index (χ3v) is 8.41. The van der Waals surface area contributed by atoms with Gasteiger partial charge in [0.2, 0.25) is 17.7 Å². The molecule has 1 saturated heterocycles. The normalized spacial score (nSPS) is 16.8. The zero-order valence-electron chi connectivity index (χ0n) is 24.8. The van der Waals surface area contributed by atoms with Gasteiger partial charge in [0.05, 0.1) is 36.8 Å². The first-order chi connectivity index (χ1) is 21.9. The van der Waals surface area contributed by atoms with Crippen LogP contribution in [0.2, 0.25) is 0 Å². The van der Waals surface area contributed by atoms with E-state index in [0.29, 0.717) is 37.1 Å². The fraction of sp³-hybridized carbons (Fsp3) is 0.394. The van der Waals surface area contributed by atoms with Gasteiger partial charge in [-0.2, -0.15) is 5.10 Å². The third-order valence-electron chi connectivity index (χ3n) is 8.41. The van der Waals surface area contributed by atoms with E-state index in [1.54, 1.807) is 18.2 Å². The van der Waals surface area contributed by atoms with Gasteiger partial charge in [0.25, 0.3) is 11.8 Å². The summed E-state index contributed by atoms with van der Waals surface area (Å²) < 4.78 is 11.7. The lowest BCUT2D eigenvalue weighted by molar-refractivity contribution is -0.134. The maximum atomic E-state index is 13.2. The van der Waals surface area contributed by atoms with Gasteiger partial charge in [-0.05, 0) is 61.9 Å². The predicted octanol–water partition coefficient (Wildman–Crippen LogP) is 3.89. The second kappa shape index (κ2) is 13.3. The van der Waals surface area contributed by atoms with Crippen LogP contribution < -0.4 is 20.1 Å². The van der Waals surface area contributed by atoms with E-state index in [1.165, 1.54) is 6.42 Å². The summed E-state index contributed by atoms with van der Waals surface area (Å²) >= 11 is 0. The number of hydrogen-bond donors (Lipinski definition) is 3. The number of carbonyl (C=O) groups is 5. The highest BCUT2D eigenvalue weighted by Crippen LogP contribution is 2.36. The molecule has 45 heavy (non-hydrogen) atoms. The lowest BCUT2D eigenvalue weighted by Crippen LogP contribution is -2.50. The molecule has 3 aromatic rings. The zero-order chi connectivity index (χ0) is 31.3. The van der Waals surface area contributed by atoms with Crippen LogP contribution in [-0.4, -0.2) is 63.9 Å². The van der Waals surface area contributed by atoms with Gasteiger partial charge in [-0.25, -0.2) is 0 Å². The number of aromatic amines is 1. The Labute approximate surface area is 259 Å². The summed E-state index contributed by atoms with van der Waals surface area (Å²) in [5.41, 5.74) is 2.34. The summed E-state index contributed by atoms with van der Waals surface area (Å²) in [5, 5.41) is 12.3. The molecule has 0 spiro atoms. The van der Waals surface area contributed by atoms with E-state index in [9.17, 15) is 24.0 Å². The fourth-order valence-electron chi connectivity index (χ4n) is 5.82. The number of unbranched alkanes of at least 4 members (excludes halogenated alkanes) is 2. The number of anilines is 1. The number of aromatic nitrogens is 2. The zero-order valence-corrected chi connectivity index (χ0v) is 24.8. The molecule has 3 heterocycles. The summed E-state index contributed by atoms with van der Waals surface area (Å²) in [6, 6.07) is 13.4. The number of H-pyrrole nitrogens is 1.